The van der Waals surface area contributed by atoms with Gasteiger partial charge in [-0.15, -0.1) is 0 Å². The molecule has 3 rings (SSSR count). The maximum Gasteiger partial charge on any atom is 0.327 e. The molecule has 6 nitrogen and oxygen atoms in total. The summed E-state index contributed by atoms with van der Waals surface area (Å²) in [6, 6.07) is 6.39. The summed E-state index contributed by atoms with van der Waals surface area (Å²) in [7, 11) is 1.71. The second-order valence-corrected chi connectivity index (χ2v) is 4.75. The third-order valence-electron chi connectivity index (χ3n) is 3.52. The van der Waals surface area contributed by atoms with Gasteiger partial charge in [-0.1, -0.05) is 18.2 Å². The van der Waals surface area contributed by atoms with Gasteiger partial charge in [0, 0.05) is 19.2 Å². The number of carbonyl (C=O) groups excluding carboxylic acids is 1. The van der Waals surface area contributed by atoms with Gasteiger partial charge in [-0.3, -0.25) is 9.69 Å². The first-order valence-electron chi connectivity index (χ1n) is 6.20. The van der Waals surface area contributed by atoms with E-state index in [-0.39, 0.29) is 5.91 Å². The van der Waals surface area contributed by atoms with Crippen molar-refractivity contribution in [3.05, 3.63) is 48.0 Å². The van der Waals surface area contributed by atoms with Gasteiger partial charge in [-0.2, -0.15) is 0 Å². The molecule has 0 spiro atoms. The molecule has 0 aliphatic carbocycles. The molecule has 0 bridgehead atoms. The van der Waals surface area contributed by atoms with Crippen LogP contribution in [0.15, 0.2) is 36.8 Å². The Morgan fingerprint density at radius 2 is 2.10 bits per heavy atom. The number of aryl methyl sites for hydroxylation is 1. The van der Waals surface area contributed by atoms with Crippen LogP contribution >= 0.6 is 0 Å². The number of imidazole rings is 1. The third-order valence-corrected chi connectivity index (χ3v) is 3.52. The Bertz CT molecular complexity index is 692. The van der Waals surface area contributed by atoms with E-state index in [2.05, 4.69) is 4.98 Å². The van der Waals surface area contributed by atoms with E-state index in [1.165, 1.54) is 17.4 Å². The molecule has 1 atom stereocenters. The molecule has 0 saturated heterocycles. The standard InChI is InChI=1S/C14H13N3O3/c1-16-8-15-7-12(16)13(18)17-10-5-3-2-4-9(10)6-11(17)14(19)20/h2-5,7-8,11H,6H2,1H3,(H,19,20). The van der Waals surface area contributed by atoms with Crippen LogP contribution in [0.2, 0.25) is 0 Å². The number of benzene rings is 1. The number of anilines is 1. The highest BCUT2D eigenvalue weighted by Crippen LogP contribution is 2.33. The fourth-order valence-electron chi connectivity index (χ4n) is 2.52. The zero-order valence-electron chi connectivity index (χ0n) is 10.9. The number of rotatable bonds is 2. The normalized spacial score (nSPS) is 17.1. The Labute approximate surface area is 115 Å². The van der Waals surface area contributed by atoms with Crippen molar-refractivity contribution in [2.45, 2.75) is 12.5 Å². The van der Waals surface area contributed by atoms with Crippen molar-refractivity contribution >= 4 is 17.6 Å². The van der Waals surface area contributed by atoms with Crippen LogP contribution in [0, 0.1) is 0 Å². The van der Waals surface area contributed by atoms with Crippen molar-refractivity contribution in [2.24, 2.45) is 7.05 Å². The lowest BCUT2D eigenvalue weighted by Crippen LogP contribution is -2.43. The second-order valence-electron chi connectivity index (χ2n) is 4.75. The molecular weight excluding hydrogens is 258 g/mol. The summed E-state index contributed by atoms with van der Waals surface area (Å²) in [4.78, 5) is 29.3. The molecule has 0 fully saturated rings. The van der Waals surface area contributed by atoms with E-state index in [9.17, 15) is 14.7 Å². The topological polar surface area (TPSA) is 75.4 Å². The first-order chi connectivity index (χ1) is 9.59. The van der Waals surface area contributed by atoms with E-state index in [0.29, 0.717) is 17.8 Å². The minimum absolute atomic E-state index is 0.328. The SMILES string of the molecule is Cn1cncc1C(=O)N1c2ccccc2CC1C(=O)O. The lowest BCUT2D eigenvalue weighted by atomic mass is 10.1. The summed E-state index contributed by atoms with van der Waals surface area (Å²) >= 11 is 0. The van der Waals surface area contributed by atoms with Crippen LogP contribution in [-0.2, 0) is 18.3 Å². The molecule has 1 N–H and O–H groups in total. The quantitative estimate of drug-likeness (QED) is 0.886. The van der Waals surface area contributed by atoms with Crippen LogP contribution in [0.5, 0.6) is 0 Å². The van der Waals surface area contributed by atoms with E-state index >= 15 is 0 Å². The molecule has 20 heavy (non-hydrogen) atoms. The highest BCUT2D eigenvalue weighted by atomic mass is 16.4. The van der Waals surface area contributed by atoms with Crippen molar-refractivity contribution in [1.29, 1.82) is 0 Å². The molecule has 1 unspecified atom stereocenters. The van der Waals surface area contributed by atoms with Crippen LogP contribution < -0.4 is 4.90 Å². The number of aliphatic carboxylic acids is 1. The first-order valence-corrected chi connectivity index (χ1v) is 6.20. The Morgan fingerprint density at radius 3 is 2.75 bits per heavy atom. The van der Waals surface area contributed by atoms with E-state index < -0.39 is 12.0 Å². The summed E-state index contributed by atoms with van der Waals surface area (Å²) in [5.74, 6) is -1.35. The lowest BCUT2D eigenvalue weighted by Gasteiger charge is -2.22. The molecule has 102 valence electrons. The molecule has 6 heteroatoms. The summed E-state index contributed by atoms with van der Waals surface area (Å²) in [5, 5.41) is 9.36. The lowest BCUT2D eigenvalue weighted by molar-refractivity contribution is -0.138. The fourth-order valence-corrected chi connectivity index (χ4v) is 2.52. The number of nitrogens with zero attached hydrogens (tertiary/aromatic N) is 3. The number of fused-ring (bicyclic) bond motifs is 1. The number of hydrogen-bond acceptors (Lipinski definition) is 3. The zero-order chi connectivity index (χ0) is 14.3. The van der Waals surface area contributed by atoms with Gasteiger partial charge in [0.05, 0.1) is 12.5 Å². The van der Waals surface area contributed by atoms with E-state index in [0.717, 1.165) is 5.56 Å². The maximum absolute atomic E-state index is 12.6. The van der Waals surface area contributed by atoms with E-state index in [4.69, 9.17) is 0 Å². The molecule has 2 aromatic rings. The van der Waals surface area contributed by atoms with Crippen LogP contribution in [0.3, 0.4) is 0 Å². The highest BCUT2D eigenvalue weighted by molar-refractivity contribution is 6.09. The Morgan fingerprint density at radius 1 is 1.35 bits per heavy atom. The smallest absolute Gasteiger partial charge is 0.327 e. The van der Waals surface area contributed by atoms with Gasteiger partial charge in [-0.25, -0.2) is 9.78 Å². The van der Waals surface area contributed by atoms with Crippen molar-refractivity contribution in [3.8, 4) is 0 Å². The number of aromatic nitrogens is 2. The van der Waals surface area contributed by atoms with Crippen LogP contribution in [0.4, 0.5) is 5.69 Å². The van der Waals surface area contributed by atoms with Crippen molar-refractivity contribution in [1.82, 2.24) is 9.55 Å². The molecule has 1 aliphatic heterocycles. The van der Waals surface area contributed by atoms with Gasteiger partial charge in [-0.05, 0) is 11.6 Å². The molecule has 1 aromatic carbocycles. The first kappa shape index (κ1) is 12.4. The van der Waals surface area contributed by atoms with Gasteiger partial charge < -0.3 is 9.67 Å². The Balaban J connectivity index is 2.07. The van der Waals surface area contributed by atoms with Crippen molar-refractivity contribution in [3.63, 3.8) is 0 Å². The summed E-state index contributed by atoms with van der Waals surface area (Å²) < 4.78 is 1.59. The number of hydrogen-bond donors (Lipinski definition) is 1. The van der Waals surface area contributed by atoms with Crippen LogP contribution in [0.1, 0.15) is 16.1 Å². The molecule has 1 aliphatic rings. The highest BCUT2D eigenvalue weighted by Gasteiger charge is 2.39. The number of amides is 1. The summed E-state index contributed by atoms with van der Waals surface area (Å²) in [5.41, 5.74) is 1.90. The predicted octanol–water partition coefficient (Wildman–Crippen LogP) is 1.08. The van der Waals surface area contributed by atoms with Gasteiger partial charge >= 0.3 is 5.97 Å². The van der Waals surface area contributed by atoms with Crippen LogP contribution in [-0.4, -0.2) is 32.6 Å². The predicted molar refractivity (Wildman–Crippen MR) is 71.6 cm³/mol. The Hall–Kier alpha value is -2.63. The fraction of sp³-hybridized carbons (Fsp3) is 0.214. The van der Waals surface area contributed by atoms with Crippen molar-refractivity contribution in [2.75, 3.05) is 4.90 Å². The van der Waals surface area contributed by atoms with Gasteiger partial charge in [0.1, 0.15) is 11.7 Å². The van der Waals surface area contributed by atoms with Gasteiger partial charge in [0.15, 0.2) is 0 Å². The third kappa shape index (κ3) is 1.77. The molecule has 0 saturated carbocycles. The molecule has 1 aromatic heterocycles. The number of carbonyl (C=O) groups is 2. The molecule has 2 heterocycles. The molecule has 1 amide bonds. The van der Waals surface area contributed by atoms with E-state index in [1.807, 2.05) is 12.1 Å². The van der Waals surface area contributed by atoms with Crippen LogP contribution in [0.25, 0.3) is 0 Å². The van der Waals surface area contributed by atoms with E-state index in [1.54, 1.807) is 23.7 Å². The second kappa shape index (κ2) is 4.48. The van der Waals surface area contributed by atoms with Gasteiger partial charge in [0.25, 0.3) is 5.91 Å². The number of carboxylic acid groups (broad SMARTS) is 1. The summed E-state index contributed by atoms with van der Waals surface area (Å²) in [6.07, 6.45) is 3.29. The monoisotopic (exact) mass is 271 g/mol. The number of carboxylic acids is 1. The van der Waals surface area contributed by atoms with Gasteiger partial charge in [0.2, 0.25) is 0 Å². The zero-order valence-corrected chi connectivity index (χ0v) is 10.9. The Kier molecular flexibility index (Phi) is 2.78. The van der Waals surface area contributed by atoms with Crippen molar-refractivity contribution < 1.29 is 14.7 Å². The maximum atomic E-state index is 12.6. The minimum atomic E-state index is -1.00. The summed E-state index contributed by atoms with van der Waals surface area (Å²) in [6.45, 7) is 0. The largest absolute Gasteiger partial charge is 0.480 e. The number of para-hydroxylation sites is 1. The molecular formula is C14H13N3O3. The average Bonchev–Trinajstić information content (AvgIpc) is 3.01. The average molecular weight is 271 g/mol. The minimum Gasteiger partial charge on any atom is -0.480 e. The molecule has 0 radical (unpaired) electrons.